The van der Waals surface area contributed by atoms with Crippen LogP contribution in [-0.4, -0.2) is 23.3 Å². The average Bonchev–Trinajstić information content (AvgIpc) is 2.22. The van der Waals surface area contributed by atoms with E-state index in [1.807, 2.05) is 0 Å². The van der Waals surface area contributed by atoms with Gasteiger partial charge in [0.1, 0.15) is 5.56 Å². The number of anilines is 1. The Morgan fingerprint density at radius 3 is 2.76 bits per heavy atom. The molecule has 0 amide bonds. The molecule has 0 atom stereocenters. The molecule has 0 aromatic carbocycles. The highest BCUT2D eigenvalue weighted by molar-refractivity contribution is 5.49. The van der Waals surface area contributed by atoms with Crippen molar-refractivity contribution in [3.8, 4) is 0 Å². The first-order chi connectivity index (χ1) is 7.96. The van der Waals surface area contributed by atoms with E-state index in [1.165, 1.54) is 0 Å². The summed E-state index contributed by atoms with van der Waals surface area (Å²) in [5.41, 5.74) is 2.25. The average molecular weight is 248 g/mol. The molecule has 0 radical (unpaired) electrons. The molecular weight excluding hydrogens is 237 g/mol. The fourth-order valence-electron chi connectivity index (χ4n) is 1.16. The van der Waals surface area contributed by atoms with Gasteiger partial charge in [0.25, 0.3) is 5.56 Å². The molecule has 0 aliphatic rings. The Morgan fingerprint density at radius 1 is 1.47 bits per heavy atom. The minimum Gasteiger partial charge on any atom is -0.380 e. The first-order valence-electron chi connectivity index (χ1n) is 4.70. The Balaban J connectivity index is 2.96. The van der Waals surface area contributed by atoms with Crippen molar-refractivity contribution < 1.29 is 13.2 Å². The number of nitrogens with two attached hydrogens (primary N) is 1. The lowest BCUT2D eigenvalue weighted by Crippen LogP contribution is -2.24. The molecule has 17 heavy (non-hydrogen) atoms. The molecule has 0 saturated carbocycles. The van der Waals surface area contributed by atoms with Crippen LogP contribution in [-0.2, 0) is 6.18 Å². The topological polar surface area (TPSA) is 83.8 Å². The summed E-state index contributed by atoms with van der Waals surface area (Å²) in [6.45, 7) is 0.423. The number of aromatic nitrogens is 2. The van der Waals surface area contributed by atoms with Crippen LogP contribution in [0.2, 0.25) is 0 Å². The Labute approximate surface area is 94.5 Å². The van der Waals surface area contributed by atoms with Crippen molar-refractivity contribution in [2.24, 2.45) is 5.73 Å². The van der Waals surface area contributed by atoms with E-state index in [0.29, 0.717) is 6.54 Å². The van der Waals surface area contributed by atoms with Gasteiger partial charge in [0, 0.05) is 13.1 Å². The number of nitrogens with zero attached hydrogens (tertiary/aromatic N) is 1. The maximum absolute atomic E-state index is 12.6. The van der Waals surface area contributed by atoms with E-state index in [9.17, 15) is 18.0 Å². The van der Waals surface area contributed by atoms with Crippen molar-refractivity contribution in [1.29, 1.82) is 0 Å². The summed E-state index contributed by atoms with van der Waals surface area (Å²) in [7, 11) is 0. The Kier molecular flexibility index (Phi) is 4.27. The Hall–Kier alpha value is -1.83. The molecule has 1 aromatic rings. The van der Waals surface area contributed by atoms with Crippen molar-refractivity contribution >= 4 is 5.69 Å². The zero-order valence-electron chi connectivity index (χ0n) is 8.71. The first kappa shape index (κ1) is 13.2. The van der Waals surface area contributed by atoms with Gasteiger partial charge in [-0.05, 0) is 0 Å². The highest BCUT2D eigenvalue weighted by Gasteiger charge is 2.37. The van der Waals surface area contributed by atoms with Gasteiger partial charge in [-0.15, -0.1) is 0 Å². The van der Waals surface area contributed by atoms with Crippen molar-refractivity contribution in [2.75, 3.05) is 18.4 Å². The fourth-order valence-corrected chi connectivity index (χ4v) is 1.16. The largest absolute Gasteiger partial charge is 0.423 e. The number of alkyl halides is 3. The van der Waals surface area contributed by atoms with E-state index >= 15 is 0 Å². The minimum absolute atomic E-state index is 0.130. The predicted octanol–water partition coefficient (Wildman–Crippen LogP) is 0.715. The zero-order chi connectivity index (χ0) is 12.9. The summed E-state index contributed by atoms with van der Waals surface area (Å²) in [4.78, 5) is 11.1. The highest BCUT2D eigenvalue weighted by atomic mass is 19.4. The molecule has 0 fully saturated rings. The Bertz CT molecular complexity index is 452. The molecule has 5 nitrogen and oxygen atoms in total. The van der Waals surface area contributed by atoms with Crippen LogP contribution >= 0.6 is 0 Å². The standard InChI is InChI=1S/C9H11F3N4O/c10-9(11,12)7-6(5-15-16-8(7)17)14-4-2-1-3-13/h1-2,5H,3-4,13H2,(H2,14,16,17)/b2-1+. The van der Waals surface area contributed by atoms with Gasteiger partial charge in [-0.25, -0.2) is 5.10 Å². The molecule has 0 spiro atoms. The molecule has 1 aromatic heterocycles. The molecule has 94 valence electrons. The summed E-state index contributed by atoms with van der Waals surface area (Å²) in [5, 5.41) is 7.50. The third-order valence-corrected chi connectivity index (χ3v) is 1.85. The van der Waals surface area contributed by atoms with Crippen LogP contribution < -0.4 is 16.6 Å². The van der Waals surface area contributed by atoms with Gasteiger partial charge < -0.3 is 11.1 Å². The SMILES string of the molecule is NC/C=C/CNc1cn[nH]c(=O)c1C(F)(F)F. The minimum atomic E-state index is -4.73. The van der Waals surface area contributed by atoms with E-state index < -0.39 is 17.3 Å². The quantitative estimate of drug-likeness (QED) is 0.685. The van der Waals surface area contributed by atoms with Gasteiger partial charge in [0.05, 0.1) is 11.9 Å². The monoisotopic (exact) mass is 248 g/mol. The van der Waals surface area contributed by atoms with Crippen LogP contribution in [0.15, 0.2) is 23.1 Å². The third-order valence-electron chi connectivity index (χ3n) is 1.85. The lowest BCUT2D eigenvalue weighted by molar-refractivity contribution is -0.138. The van der Waals surface area contributed by atoms with Crippen LogP contribution in [0.4, 0.5) is 18.9 Å². The number of aromatic amines is 1. The van der Waals surface area contributed by atoms with Crippen LogP contribution in [0, 0.1) is 0 Å². The fraction of sp³-hybridized carbons (Fsp3) is 0.333. The summed E-state index contributed by atoms with van der Waals surface area (Å²) in [6.07, 6.45) is -0.668. The molecule has 0 aliphatic carbocycles. The van der Waals surface area contributed by atoms with Crippen molar-refractivity contribution in [3.05, 3.63) is 34.3 Å². The van der Waals surface area contributed by atoms with Gasteiger partial charge in [-0.2, -0.15) is 18.3 Å². The molecule has 0 bridgehead atoms. The summed E-state index contributed by atoms with van der Waals surface area (Å²) >= 11 is 0. The van der Waals surface area contributed by atoms with E-state index in [2.05, 4.69) is 10.4 Å². The van der Waals surface area contributed by atoms with Crippen molar-refractivity contribution in [2.45, 2.75) is 6.18 Å². The molecule has 0 saturated heterocycles. The van der Waals surface area contributed by atoms with Crippen LogP contribution in [0.25, 0.3) is 0 Å². The van der Waals surface area contributed by atoms with E-state index in [-0.39, 0.29) is 12.2 Å². The molecule has 0 unspecified atom stereocenters. The molecular formula is C9H11F3N4O. The number of halogens is 3. The predicted molar refractivity (Wildman–Crippen MR) is 56.5 cm³/mol. The highest BCUT2D eigenvalue weighted by Crippen LogP contribution is 2.31. The number of nitrogens with one attached hydrogen (secondary N) is 2. The second-order valence-corrected chi connectivity index (χ2v) is 3.07. The molecule has 1 rings (SSSR count). The summed E-state index contributed by atoms with van der Waals surface area (Å²) < 4.78 is 37.7. The molecule has 4 N–H and O–H groups in total. The van der Waals surface area contributed by atoms with Crippen LogP contribution in [0.1, 0.15) is 5.56 Å². The third kappa shape index (κ3) is 3.59. The number of hydrogen-bond donors (Lipinski definition) is 3. The second-order valence-electron chi connectivity index (χ2n) is 3.07. The van der Waals surface area contributed by atoms with Crippen LogP contribution in [0.5, 0.6) is 0 Å². The maximum atomic E-state index is 12.6. The number of hydrogen-bond acceptors (Lipinski definition) is 4. The maximum Gasteiger partial charge on any atom is 0.423 e. The van der Waals surface area contributed by atoms with Gasteiger partial charge in [0.15, 0.2) is 0 Å². The Morgan fingerprint density at radius 2 is 2.18 bits per heavy atom. The molecule has 8 heteroatoms. The zero-order valence-corrected chi connectivity index (χ0v) is 8.71. The lowest BCUT2D eigenvalue weighted by atomic mass is 10.2. The van der Waals surface area contributed by atoms with Gasteiger partial charge in [-0.3, -0.25) is 4.79 Å². The molecule has 0 aliphatic heterocycles. The van der Waals surface area contributed by atoms with Gasteiger partial charge >= 0.3 is 6.18 Å². The van der Waals surface area contributed by atoms with Gasteiger partial charge in [0.2, 0.25) is 0 Å². The van der Waals surface area contributed by atoms with E-state index in [1.54, 1.807) is 17.3 Å². The normalized spacial score (nSPS) is 12.0. The van der Waals surface area contributed by atoms with Crippen LogP contribution in [0.3, 0.4) is 0 Å². The number of H-pyrrole nitrogens is 1. The van der Waals surface area contributed by atoms with E-state index in [0.717, 1.165) is 6.20 Å². The van der Waals surface area contributed by atoms with Gasteiger partial charge in [-0.1, -0.05) is 12.2 Å². The van der Waals surface area contributed by atoms with Crippen molar-refractivity contribution in [3.63, 3.8) is 0 Å². The first-order valence-corrected chi connectivity index (χ1v) is 4.70. The summed E-state index contributed by atoms with van der Waals surface area (Å²) in [5.74, 6) is 0. The van der Waals surface area contributed by atoms with Crippen molar-refractivity contribution in [1.82, 2.24) is 10.2 Å². The smallest absolute Gasteiger partial charge is 0.380 e. The van der Waals surface area contributed by atoms with E-state index in [4.69, 9.17) is 5.73 Å². The molecule has 1 heterocycles. The lowest BCUT2D eigenvalue weighted by Gasteiger charge is -2.11. The summed E-state index contributed by atoms with van der Waals surface area (Å²) in [6, 6.07) is 0. The second kappa shape index (κ2) is 5.48. The number of rotatable bonds is 4.